The fourth-order valence-electron chi connectivity index (χ4n) is 3.75. The van der Waals surface area contributed by atoms with Crippen molar-refractivity contribution in [1.82, 2.24) is 10.2 Å². The summed E-state index contributed by atoms with van der Waals surface area (Å²) in [5, 5.41) is 11.9. The third-order valence-corrected chi connectivity index (χ3v) is 5.10. The van der Waals surface area contributed by atoms with Crippen LogP contribution in [0.2, 0.25) is 0 Å². The molecule has 33 heavy (non-hydrogen) atoms. The monoisotopic (exact) mass is 471 g/mol. The summed E-state index contributed by atoms with van der Waals surface area (Å²) in [6.07, 6.45) is -9.91. The van der Waals surface area contributed by atoms with Gasteiger partial charge in [0.2, 0.25) is 5.91 Å². The van der Waals surface area contributed by atoms with Crippen molar-refractivity contribution in [2.75, 3.05) is 19.7 Å². The Bertz CT molecular complexity index is 985. The number of carbonyl (C=O) groups is 1. The topological polar surface area (TPSA) is 65.4 Å². The first-order valence-electron chi connectivity index (χ1n) is 9.80. The van der Waals surface area contributed by atoms with E-state index in [0.717, 1.165) is 5.56 Å². The summed E-state index contributed by atoms with van der Waals surface area (Å²) in [5.41, 5.74) is -2.38. The van der Waals surface area contributed by atoms with Gasteiger partial charge in [0.25, 0.3) is 0 Å². The second-order valence-electron chi connectivity index (χ2n) is 7.52. The molecule has 0 bridgehead atoms. The lowest BCUT2D eigenvalue weighted by atomic mass is 9.95. The van der Waals surface area contributed by atoms with Gasteiger partial charge in [-0.3, -0.25) is 9.69 Å². The van der Waals surface area contributed by atoms with Crippen LogP contribution in [-0.4, -0.2) is 36.5 Å². The summed E-state index contributed by atoms with van der Waals surface area (Å²) in [5.74, 6) is -0.371. The number of piperazine rings is 1. The molecule has 1 aliphatic rings. The summed E-state index contributed by atoms with van der Waals surface area (Å²) < 4.78 is 83.8. The molecule has 1 N–H and O–H groups in total. The van der Waals surface area contributed by atoms with Crippen molar-refractivity contribution in [1.29, 1.82) is 5.26 Å². The number of alkyl halides is 6. The first-order chi connectivity index (χ1) is 15.5. The number of halogens is 6. The number of hydrogen-bond acceptors (Lipinski definition) is 4. The fourth-order valence-corrected chi connectivity index (χ4v) is 3.75. The minimum atomic E-state index is -4.95. The molecule has 0 radical (unpaired) electrons. The van der Waals surface area contributed by atoms with Gasteiger partial charge >= 0.3 is 12.4 Å². The lowest BCUT2D eigenvalue weighted by molar-refractivity contribution is -0.143. The van der Waals surface area contributed by atoms with Crippen LogP contribution in [0.25, 0.3) is 0 Å². The Morgan fingerprint density at radius 3 is 2.18 bits per heavy atom. The maximum absolute atomic E-state index is 13.1. The third-order valence-electron chi connectivity index (χ3n) is 5.10. The number of ether oxygens (including phenoxy) is 1. The highest BCUT2D eigenvalue weighted by atomic mass is 19.4. The number of nitrogens with zero attached hydrogens (tertiary/aromatic N) is 2. The number of carbonyl (C=O) groups excluding carboxylic acids is 1. The average Bonchev–Trinajstić information content (AvgIpc) is 2.73. The summed E-state index contributed by atoms with van der Waals surface area (Å²) in [6, 6.07) is 11.0. The van der Waals surface area contributed by atoms with Crippen LogP contribution >= 0.6 is 0 Å². The number of rotatable bonds is 6. The van der Waals surface area contributed by atoms with Gasteiger partial charge in [-0.2, -0.15) is 31.6 Å². The molecule has 5 nitrogen and oxygen atoms in total. The van der Waals surface area contributed by atoms with E-state index in [9.17, 15) is 31.1 Å². The van der Waals surface area contributed by atoms with Gasteiger partial charge < -0.3 is 10.1 Å². The van der Waals surface area contributed by atoms with Crippen LogP contribution in [0.3, 0.4) is 0 Å². The molecule has 0 saturated carbocycles. The Kier molecular flexibility index (Phi) is 7.29. The van der Waals surface area contributed by atoms with Crippen LogP contribution in [0, 0.1) is 11.3 Å². The van der Waals surface area contributed by atoms with Crippen molar-refractivity contribution < 1.29 is 35.9 Å². The number of hydrogen-bond donors (Lipinski definition) is 1. The molecule has 3 rings (SSSR count). The SMILES string of the molecule is N#CCN1CC(=O)NC(COCc2cc(C(F)(F)F)cc(C(F)(F)F)c2)C1c1ccccc1. The lowest BCUT2D eigenvalue weighted by Gasteiger charge is -2.40. The van der Waals surface area contributed by atoms with Gasteiger partial charge in [0.05, 0.1) is 55.6 Å². The molecule has 1 amide bonds. The molecule has 176 valence electrons. The number of benzene rings is 2. The first-order valence-corrected chi connectivity index (χ1v) is 9.80. The molecule has 11 heteroatoms. The smallest absolute Gasteiger partial charge is 0.375 e. The maximum Gasteiger partial charge on any atom is 0.416 e. The summed E-state index contributed by atoms with van der Waals surface area (Å²) in [4.78, 5) is 13.7. The molecule has 1 fully saturated rings. The van der Waals surface area contributed by atoms with Crippen molar-refractivity contribution in [2.24, 2.45) is 0 Å². The quantitative estimate of drug-likeness (QED) is 0.504. The van der Waals surface area contributed by atoms with Crippen LogP contribution in [0.5, 0.6) is 0 Å². The van der Waals surface area contributed by atoms with Crippen LogP contribution in [0.4, 0.5) is 26.3 Å². The van der Waals surface area contributed by atoms with E-state index in [4.69, 9.17) is 10.00 Å². The fraction of sp³-hybridized carbons (Fsp3) is 0.364. The molecular formula is C22H19F6N3O2. The molecule has 1 heterocycles. The predicted molar refractivity (Wildman–Crippen MR) is 104 cm³/mol. The number of amides is 1. The molecule has 2 atom stereocenters. The summed E-state index contributed by atoms with van der Waals surface area (Å²) in [7, 11) is 0. The van der Waals surface area contributed by atoms with E-state index in [2.05, 4.69) is 5.32 Å². The van der Waals surface area contributed by atoms with Gasteiger partial charge in [0.15, 0.2) is 0 Å². The van der Waals surface area contributed by atoms with Gasteiger partial charge in [0.1, 0.15) is 0 Å². The van der Waals surface area contributed by atoms with Crippen molar-refractivity contribution >= 4 is 5.91 Å². The molecule has 2 unspecified atom stereocenters. The van der Waals surface area contributed by atoms with Crippen molar-refractivity contribution in [3.63, 3.8) is 0 Å². The molecule has 0 spiro atoms. The average molecular weight is 471 g/mol. The van der Waals surface area contributed by atoms with E-state index in [1.165, 1.54) is 0 Å². The maximum atomic E-state index is 13.1. The Labute approximate surface area is 185 Å². The van der Waals surface area contributed by atoms with E-state index < -0.39 is 42.2 Å². The standard InChI is InChI=1S/C22H19F6N3O2/c23-21(24,25)16-8-14(9-17(10-16)22(26,27)28)12-33-13-18-20(15-4-2-1-3-5-15)31(7-6-29)11-19(32)30-18/h1-5,8-10,18,20H,7,11-13H2,(H,30,32). The molecule has 2 aromatic carbocycles. The summed E-state index contributed by atoms with van der Waals surface area (Å²) in [6.45, 7) is -0.803. The number of nitriles is 1. The van der Waals surface area contributed by atoms with E-state index >= 15 is 0 Å². The zero-order valence-electron chi connectivity index (χ0n) is 17.1. The lowest BCUT2D eigenvalue weighted by Crippen LogP contribution is -2.57. The van der Waals surface area contributed by atoms with E-state index in [1.807, 2.05) is 6.07 Å². The van der Waals surface area contributed by atoms with Crippen molar-refractivity contribution in [2.45, 2.75) is 31.0 Å². The second kappa shape index (κ2) is 9.80. The van der Waals surface area contributed by atoms with Crippen LogP contribution < -0.4 is 5.32 Å². The normalized spacial score (nSPS) is 19.7. The number of nitrogens with one attached hydrogen (secondary N) is 1. The zero-order chi connectivity index (χ0) is 24.2. The van der Waals surface area contributed by atoms with Gasteiger partial charge in [-0.15, -0.1) is 0 Å². The van der Waals surface area contributed by atoms with E-state index in [0.29, 0.717) is 12.1 Å². The Balaban J connectivity index is 1.80. The Morgan fingerprint density at radius 1 is 1.03 bits per heavy atom. The zero-order valence-corrected chi connectivity index (χ0v) is 17.1. The molecule has 1 aliphatic heterocycles. The Morgan fingerprint density at radius 2 is 1.64 bits per heavy atom. The van der Waals surface area contributed by atoms with Crippen LogP contribution in [0.15, 0.2) is 48.5 Å². The predicted octanol–water partition coefficient (Wildman–Crippen LogP) is 4.31. The van der Waals surface area contributed by atoms with Crippen molar-refractivity contribution in [3.8, 4) is 6.07 Å². The molecule has 2 aromatic rings. The molecular weight excluding hydrogens is 452 g/mol. The third kappa shape index (κ3) is 6.24. The molecule has 1 saturated heterocycles. The van der Waals surface area contributed by atoms with Gasteiger partial charge in [-0.25, -0.2) is 0 Å². The highest BCUT2D eigenvalue weighted by Crippen LogP contribution is 2.36. The Hall–Kier alpha value is -3.10. The van der Waals surface area contributed by atoms with Gasteiger partial charge in [0, 0.05) is 0 Å². The molecule has 0 aliphatic carbocycles. The van der Waals surface area contributed by atoms with E-state index in [1.54, 1.807) is 35.2 Å². The van der Waals surface area contributed by atoms with Crippen LogP contribution in [0.1, 0.15) is 28.3 Å². The van der Waals surface area contributed by atoms with Crippen LogP contribution in [-0.2, 0) is 28.5 Å². The van der Waals surface area contributed by atoms with Gasteiger partial charge in [-0.05, 0) is 29.3 Å². The van der Waals surface area contributed by atoms with Gasteiger partial charge in [-0.1, -0.05) is 30.3 Å². The molecule has 0 aromatic heterocycles. The largest absolute Gasteiger partial charge is 0.416 e. The highest BCUT2D eigenvalue weighted by molar-refractivity contribution is 5.79. The second-order valence-corrected chi connectivity index (χ2v) is 7.52. The first kappa shape index (κ1) is 24.5. The minimum Gasteiger partial charge on any atom is -0.375 e. The minimum absolute atomic E-state index is 0.0355. The highest BCUT2D eigenvalue weighted by Gasteiger charge is 2.38. The summed E-state index contributed by atoms with van der Waals surface area (Å²) >= 11 is 0. The van der Waals surface area contributed by atoms with Crippen molar-refractivity contribution in [3.05, 3.63) is 70.8 Å². The van der Waals surface area contributed by atoms with E-state index in [-0.39, 0.29) is 37.2 Å².